The van der Waals surface area contributed by atoms with Crippen molar-refractivity contribution in [1.29, 1.82) is 0 Å². The third-order valence-electron chi connectivity index (χ3n) is 7.19. The van der Waals surface area contributed by atoms with Crippen LogP contribution in [0.4, 0.5) is 4.79 Å². The van der Waals surface area contributed by atoms with Gasteiger partial charge in [0.15, 0.2) is 0 Å². The van der Waals surface area contributed by atoms with E-state index < -0.39 is 0 Å². The molecule has 0 aliphatic carbocycles. The summed E-state index contributed by atoms with van der Waals surface area (Å²) in [5.41, 5.74) is 2.02. The largest absolute Gasteiger partial charge is 0.352 e. The number of carbonyl (C=O) groups excluding carboxylic acids is 2. The fourth-order valence-corrected chi connectivity index (χ4v) is 4.98. The summed E-state index contributed by atoms with van der Waals surface area (Å²) in [4.78, 5) is 28.9. The summed E-state index contributed by atoms with van der Waals surface area (Å²) < 4.78 is 0. The van der Waals surface area contributed by atoms with Gasteiger partial charge in [-0.15, -0.1) is 0 Å². The van der Waals surface area contributed by atoms with Crippen molar-refractivity contribution >= 4 is 11.9 Å². The lowest BCUT2D eigenvalue weighted by atomic mass is 9.90. The van der Waals surface area contributed by atoms with Crippen LogP contribution in [0.1, 0.15) is 68.8 Å². The van der Waals surface area contributed by atoms with Crippen LogP contribution in [0.25, 0.3) is 0 Å². The highest BCUT2D eigenvalue weighted by atomic mass is 16.2. The number of hydrogen-bond donors (Lipinski definition) is 2. The quantitative estimate of drug-likeness (QED) is 0.642. The van der Waals surface area contributed by atoms with Crippen molar-refractivity contribution in [3.63, 3.8) is 0 Å². The number of hydrogen-bond acceptors (Lipinski definition) is 3. The molecule has 6 nitrogen and oxygen atoms in total. The van der Waals surface area contributed by atoms with E-state index in [9.17, 15) is 9.59 Å². The average Bonchev–Trinajstić information content (AvgIpc) is 2.80. The Morgan fingerprint density at radius 2 is 1.56 bits per heavy atom. The van der Waals surface area contributed by atoms with Crippen LogP contribution in [0.15, 0.2) is 24.3 Å². The molecule has 2 heterocycles. The van der Waals surface area contributed by atoms with Crippen molar-refractivity contribution in [2.75, 3.05) is 39.3 Å². The van der Waals surface area contributed by atoms with Crippen LogP contribution in [0, 0.1) is 11.8 Å². The molecule has 2 aliphatic rings. The number of piperidine rings is 2. The van der Waals surface area contributed by atoms with Gasteiger partial charge in [-0.1, -0.05) is 12.1 Å². The molecule has 0 radical (unpaired) electrons. The fourth-order valence-electron chi connectivity index (χ4n) is 4.98. The summed E-state index contributed by atoms with van der Waals surface area (Å²) >= 11 is 0. The lowest BCUT2D eigenvalue weighted by molar-refractivity contribution is 0.0946. The van der Waals surface area contributed by atoms with Crippen molar-refractivity contribution in [3.05, 3.63) is 35.4 Å². The first-order valence-electron chi connectivity index (χ1n) is 12.6. The van der Waals surface area contributed by atoms with Gasteiger partial charge in [0.1, 0.15) is 0 Å². The number of benzene rings is 1. The Morgan fingerprint density at radius 3 is 2.16 bits per heavy atom. The Bertz CT molecular complexity index is 718. The maximum atomic E-state index is 12.5. The zero-order valence-electron chi connectivity index (χ0n) is 20.2. The Labute approximate surface area is 194 Å². The van der Waals surface area contributed by atoms with Gasteiger partial charge >= 0.3 is 6.03 Å². The molecule has 0 saturated carbocycles. The smallest absolute Gasteiger partial charge is 0.317 e. The molecule has 178 valence electrons. The van der Waals surface area contributed by atoms with Crippen LogP contribution < -0.4 is 10.6 Å². The highest BCUT2D eigenvalue weighted by molar-refractivity contribution is 5.94. The van der Waals surface area contributed by atoms with E-state index in [2.05, 4.69) is 41.5 Å². The summed E-state index contributed by atoms with van der Waals surface area (Å²) in [6, 6.07) is 8.78. The lowest BCUT2D eigenvalue weighted by Crippen LogP contribution is -2.44. The molecule has 2 saturated heterocycles. The molecule has 0 bridgehead atoms. The molecular formula is C26H42N4O2. The average molecular weight is 443 g/mol. The highest BCUT2D eigenvalue weighted by Gasteiger charge is 2.23. The molecule has 6 heteroatoms. The van der Waals surface area contributed by atoms with E-state index in [1.165, 1.54) is 31.5 Å². The van der Waals surface area contributed by atoms with E-state index in [0.29, 0.717) is 18.5 Å². The van der Waals surface area contributed by atoms with E-state index in [1.807, 2.05) is 24.0 Å². The summed E-state index contributed by atoms with van der Waals surface area (Å²) in [6.45, 7) is 11.9. The summed E-state index contributed by atoms with van der Waals surface area (Å²) in [5.74, 6) is 1.36. The Balaban J connectivity index is 1.35. The van der Waals surface area contributed by atoms with Gasteiger partial charge in [-0.2, -0.15) is 0 Å². The van der Waals surface area contributed by atoms with E-state index in [1.54, 1.807) is 0 Å². The zero-order chi connectivity index (χ0) is 22.9. The van der Waals surface area contributed by atoms with Crippen molar-refractivity contribution in [2.45, 2.75) is 65.3 Å². The van der Waals surface area contributed by atoms with Gasteiger partial charge in [0, 0.05) is 37.8 Å². The van der Waals surface area contributed by atoms with Crippen LogP contribution in [-0.4, -0.2) is 67.0 Å². The van der Waals surface area contributed by atoms with Crippen molar-refractivity contribution in [3.8, 4) is 0 Å². The minimum absolute atomic E-state index is 0.0337. The van der Waals surface area contributed by atoms with Gasteiger partial charge in [-0.25, -0.2) is 4.79 Å². The molecule has 2 N–H and O–H groups in total. The highest BCUT2D eigenvalue weighted by Crippen LogP contribution is 2.23. The van der Waals surface area contributed by atoms with Crippen LogP contribution in [-0.2, 0) is 6.42 Å². The van der Waals surface area contributed by atoms with Crippen LogP contribution in [0.2, 0.25) is 0 Å². The first-order valence-corrected chi connectivity index (χ1v) is 12.6. The first-order chi connectivity index (χ1) is 15.5. The van der Waals surface area contributed by atoms with Gasteiger partial charge < -0.3 is 20.4 Å². The third kappa shape index (κ3) is 7.22. The van der Waals surface area contributed by atoms with E-state index in [0.717, 1.165) is 56.8 Å². The second kappa shape index (κ2) is 12.2. The molecule has 2 aliphatic heterocycles. The summed E-state index contributed by atoms with van der Waals surface area (Å²) in [5, 5.41) is 5.99. The maximum absolute atomic E-state index is 12.5. The van der Waals surface area contributed by atoms with Crippen molar-refractivity contribution in [1.82, 2.24) is 20.4 Å². The second-order valence-corrected chi connectivity index (χ2v) is 9.78. The monoisotopic (exact) mass is 442 g/mol. The van der Waals surface area contributed by atoms with E-state index in [4.69, 9.17) is 0 Å². The SMILES string of the molecule is CCNC(=O)N1CCC(Cc2ccc(C(=O)NCCC3CCN(C(C)C)CC3)cc2)CC1. The number of nitrogens with one attached hydrogen (secondary N) is 2. The van der Waals surface area contributed by atoms with Crippen LogP contribution in [0.5, 0.6) is 0 Å². The normalized spacial score (nSPS) is 18.7. The summed E-state index contributed by atoms with van der Waals surface area (Å²) in [6.07, 6.45) is 6.64. The zero-order valence-corrected chi connectivity index (χ0v) is 20.2. The predicted octanol–water partition coefficient (Wildman–Crippen LogP) is 3.91. The molecule has 0 unspecified atom stereocenters. The number of nitrogens with zero attached hydrogens (tertiary/aromatic N) is 2. The molecule has 1 aromatic rings. The van der Waals surface area contributed by atoms with Gasteiger partial charge in [-0.3, -0.25) is 4.79 Å². The lowest BCUT2D eigenvalue weighted by Gasteiger charge is -2.34. The van der Waals surface area contributed by atoms with Crippen molar-refractivity contribution < 1.29 is 9.59 Å². The number of carbonyl (C=O) groups is 2. The van der Waals surface area contributed by atoms with Crippen LogP contribution >= 0.6 is 0 Å². The molecule has 2 fully saturated rings. The number of likely N-dealkylation sites (tertiary alicyclic amines) is 2. The standard InChI is InChI=1S/C26H42N4O2/c1-4-27-26(32)30-17-12-23(13-18-30)19-22-5-7-24(8-6-22)25(31)28-14-9-21-10-15-29(16-11-21)20(2)3/h5-8,20-21,23H,4,9-19H2,1-3H3,(H,27,32)(H,28,31). The Kier molecular flexibility index (Phi) is 9.39. The number of urea groups is 1. The van der Waals surface area contributed by atoms with Gasteiger partial charge in [0.25, 0.3) is 5.91 Å². The molecule has 3 rings (SSSR count). The van der Waals surface area contributed by atoms with Gasteiger partial charge in [0.05, 0.1) is 0 Å². The number of rotatable bonds is 8. The fraction of sp³-hybridized carbons (Fsp3) is 0.692. The number of amides is 3. The molecular weight excluding hydrogens is 400 g/mol. The molecule has 0 atom stereocenters. The minimum atomic E-state index is 0.0337. The topological polar surface area (TPSA) is 64.7 Å². The second-order valence-electron chi connectivity index (χ2n) is 9.78. The molecule has 0 aromatic heterocycles. The Morgan fingerprint density at radius 1 is 0.938 bits per heavy atom. The van der Waals surface area contributed by atoms with Crippen LogP contribution in [0.3, 0.4) is 0 Å². The van der Waals surface area contributed by atoms with Crippen molar-refractivity contribution in [2.24, 2.45) is 11.8 Å². The van der Waals surface area contributed by atoms with Gasteiger partial charge in [0.2, 0.25) is 0 Å². The third-order valence-corrected chi connectivity index (χ3v) is 7.19. The van der Waals surface area contributed by atoms with Gasteiger partial charge in [-0.05, 0) is 102 Å². The van der Waals surface area contributed by atoms with E-state index in [-0.39, 0.29) is 11.9 Å². The molecule has 0 spiro atoms. The van der Waals surface area contributed by atoms with E-state index >= 15 is 0 Å². The minimum Gasteiger partial charge on any atom is -0.352 e. The Hall–Kier alpha value is -2.08. The predicted molar refractivity (Wildman–Crippen MR) is 130 cm³/mol. The summed E-state index contributed by atoms with van der Waals surface area (Å²) in [7, 11) is 0. The first kappa shape index (κ1) is 24.6. The molecule has 3 amide bonds. The maximum Gasteiger partial charge on any atom is 0.317 e. The molecule has 1 aromatic carbocycles. The molecule has 32 heavy (non-hydrogen) atoms.